The van der Waals surface area contributed by atoms with E-state index in [1.54, 1.807) is 19.4 Å². The third kappa shape index (κ3) is 3.81. The van der Waals surface area contributed by atoms with E-state index in [0.717, 1.165) is 31.6 Å². The first kappa shape index (κ1) is 13.0. The van der Waals surface area contributed by atoms with Crippen LogP contribution in [0.4, 0.5) is 0 Å². The van der Waals surface area contributed by atoms with Gasteiger partial charge < -0.3 is 9.47 Å². The van der Waals surface area contributed by atoms with Crippen LogP contribution in [-0.4, -0.2) is 31.1 Å². The van der Waals surface area contributed by atoms with Gasteiger partial charge in [-0.3, -0.25) is 4.79 Å². The lowest BCUT2D eigenvalue weighted by Gasteiger charge is -2.21. The Bertz CT molecular complexity index is 383. The summed E-state index contributed by atoms with van der Waals surface area (Å²) in [6.45, 7) is 1.59. The average Bonchev–Trinajstić information content (AvgIpc) is 2.40. The Morgan fingerprint density at radius 3 is 2.83 bits per heavy atom. The van der Waals surface area contributed by atoms with Gasteiger partial charge in [-0.15, -0.1) is 0 Å². The number of pyridine rings is 1. The summed E-state index contributed by atoms with van der Waals surface area (Å²) in [4.78, 5) is 16.0. The normalized spacial score (nSPS) is 16.5. The van der Waals surface area contributed by atoms with Crippen LogP contribution in [0.1, 0.15) is 24.8 Å². The molecule has 0 spiro atoms. The Morgan fingerprint density at radius 2 is 2.22 bits per heavy atom. The molecule has 0 aromatic carbocycles. The first-order chi connectivity index (χ1) is 8.78. The molecule has 1 aromatic heterocycles. The van der Waals surface area contributed by atoms with Crippen molar-refractivity contribution in [3.05, 3.63) is 23.9 Å². The fourth-order valence-electron chi connectivity index (χ4n) is 2.21. The maximum Gasteiger partial charge on any atom is 0.212 e. The van der Waals surface area contributed by atoms with Crippen LogP contribution in [0.25, 0.3) is 0 Å². The molecular weight excluding hydrogens is 230 g/mol. The maximum absolute atomic E-state index is 11.9. The number of carbonyl (C=O) groups is 1. The van der Waals surface area contributed by atoms with Crippen molar-refractivity contribution in [2.45, 2.75) is 25.7 Å². The highest BCUT2D eigenvalue weighted by molar-refractivity contribution is 5.81. The second kappa shape index (κ2) is 6.50. The molecule has 98 valence electrons. The summed E-state index contributed by atoms with van der Waals surface area (Å²) in [5.74, 6) is 1.36. The summed E-state index contributed by atoms with van der Waals surface area (Å²) in [6, 6.07) is 3.69. The van der Waals surface area contributed by atoms with Crippen LogP contribution in [0.15, 0.2) is 18.3 Å². The number of hydrogen-bond donors (Lipinski definition) is 0. The number of hydrogen-bond acceptors (Lipinski definition) is 4. The molecule has 1 aliphatic rings. The van der Waals surface area contributed by atoms with E-state index in [-0.39, 0.29) is 5.78 Å². The quantitative estimate of drug-likeness (QED) is 0.801. The van der Waals surface area contributed by atoms with Gasteiger partial charge >= 0.3 is 0 Å². The van der Waals surface area contributed by atoms with Crippen molar-refractivity contribution in [1.29, 1.82) is 0 Å². The third-order valence-corrected chi connectivity index (χ3v) is 3.27. The van der Waals surface area contributed by atoms with E-state index in [0.29, 0.717) is 24.6 Å². The minimum Gasteiger partial charge on any atom is -0.481 e. The lowest BCUT2D eigenvalue weighted by molar-refractivity contribution is -0.120. The smallest absolute Gasteiger partial charge is 0.212 e. The van der Waals surface area contributed by atoms with Crippen molar-refractivity contribution >= 4 is 5.78 Å². The monoisotopic (exact) mass is 249 g/mol. The van der Waals surface area contributed by atoms with E-state index < -0.39 is 0 Å². The summed E-state index contributed by atoms with van der Waals surface area (Å²) in [7, 11) is 1.58. The van der Waals surface area contributed by atoms with Gasteiger partial charge in [-0.25, -0.2) is 4.98 Å². The van der Waals surface area contributed by atoms with E-state index in [4.69, 9.17) is 9.47 Å². The maximum atomic E-state index is 11.9. The molecule has 1 fully saturated rings. The van der Waals surface area contributed by atoms with Gasteiger partial charge in [0.2, 0.25) is 5.88 Å². The largest absolute Gasteiger partial charge is 0.481 e. The molecule has 0 N–H and O–H groups in total. The minimum absolute atomic E-state index is 0.286. The minimum atomic E-state index is 0.286. The molecule has 2 rings (SSSR count). The van der Waals surface area contributed by atoms with Crippen LogP contribution < -0.4 is 4.74 Å². The predicted molar refractivity (Wildman–Crippen MR) is 67.7 cm³/mol. The zero-order valence-electron chi connectivity index (χ0n) is 10.7. The van der Waals surface area contributed by atoms with Gasteiger partial charge in [0.05, 0.1) is 7.11 Å². The number of ether oxygens (including phenoxy) is 2. The lowest BCUT2D eigenvalue weighted by atomic mass is 9.92. The zero-order valence-corrected chi connectivity index (χ0v) is 10.7. The first-order valence-electron chi connectivity index (χ1n) is 6.36. The van der Waals surface area contributed by atoms with Gasteiger partial charge in [-0.05, 0) is 24.3 Å². The molecule has 0 unspecified atom stereocenters. The molecule has 4 nitrogen and oxygen atoms in total. The first-order valence-corrected chi connectivity index (χ1v) is 6.36. The number of nitrogens with zero attached hydrogens (tertiary/aromatic N) is 1. The fourth-order valence-corrected chi connectivity index (χ4v) is 2.21. The van der Waals surface area contributed by atoms with E-state index in [1.807, 2.05) is 6.07 Å². The fraction of sp³-hybridized carbons (Fsp3) is 0.571. The molecule has 0 radical (unpaired) electrons. The number of methoxy groups -OCH3 is 1. The molecule has 0 aliphatic carbocycles. The summed E-state index contributed by atoms with van der Waals surface area (Å²) in [5.41, 5.74) is 0.952. The standard InChI is InChI=1S/C14H19NO3/c1-17-14-3-2-12(10-15-14)9-13(16)8-11-4-6-18-7-5-11/h2-3,10-11H,4-9H2,1H3. The topological polar surface area (TPSA) is 48.4 Å². The van der Waals surface area contributed by atoms with Gasteiger partial charge in [0.15, 0.2) is 0 Å². The molecule has 0 saturated carbocycles. The van der Waals surface area contributed by atoms with Gasteiger partial charge in [-0.1, -0.05) is 6.07 Å². The number of ketones is 1. The van der Waals surface area contributed by atoms with Crippen molar-refractivity contribution in [2.75, 3.05) is 20.3 Å². The van der Waals surface area contributed by atoms with Gasteiger partial charge in [-0.2, -0.15) is 0 Å². The number of carbonyl (C=O) groups excluding carboxylic acids is 1. The Hall–Kier alpha value is -1.42. The molecule has 0 amide bonds. The molecular formula is C14H19NO3. The van der Waals surface area contributed by atoms with Crippen molar-refractivity contribution in [1.82, 2.24) is 4.98 Å². The van der Waals surface area contributed by atoms with Crippen LogP contribution >= 0.6 is 0 Å². The van der Waals surface area contributed by atoms with E-state index >= 15 is 0 Å². The Labute approximate surface area is 107 Å². The van der Waals surface area contributed by atoms with Crippen LogP contribution in [0, 0.1) is 5.92 Å². The highest BCUT2D eigenvalue weighted by atomic mass is 16.5. The van der Waals surface area contributed by atoms with Gasteiger partial charge in [0.25, 0.3) is 0 Å². The Morgan fingerprint density at radius 1 is 1.44 bits per heavy atom. The molecule has 0 atom stereocenters. The SMILES string of the molecule is COc1ccc(CC(=O)CC2CCOCC2)cn1. The third-order valence-electron chi connectivity index (χ3n) is 3.27. The number of rotatable bonds is 5. The highest BCUT2D eigenvalue weighted by Crippen LogP contribution is 2.19. The highest BCUT2D eigenvalue weighted by Gasteiger charge is 2.17. The molecule has 2 heterocycles. The number of Topliss-reactive ketones (excluding diaryl/α,β-unsaturated/α-hetero) is 1. The van der Waals surface area contributed by atoms with Crippen LogP contribution in [-0.2, 0) is 16.0 Å². The lowest BCUT2D eigenvalue weighted by Crippen LogP contribution is -2.19. The van der Waals surface area contributed by atoms with E-state index in [1.165, 1.54) is 0 Å². The summed E-state index contributed by atoms with van der Waals surface area (Å²) in [6.07, 6.45) is 4.85. The molecule has 18 heavy (non-hydrogen) atoms. The Kier molecular flexibility index (Phi) is 4.70. The average molecular weight is 249 g/mol. The van der Waals surface area contributed by atoms with E-state index in [2.05, 4.69) is 4.98 Å². The van der Waals surface area contributed by atoms with Crippen molar-refractivity contribution in [3.8, 4) is 5.88 Å². The molecule has 0 bridgehead atoms. The molecule has 1 aromatic rings. The second-order valence-corrected chi connectivity index (χ2v) is 4.68. The second-order valence-electron chi connectivity index (χ2n) is 4.68. The molecule has 4 heteroatoms. The van der Waals surface area contributed by atoms with E-state index in [9.17, 15) is 4.79 Å². The van der Waals surface area contributed by atoms with Crippen LogP contribution in [0.3, 0.4) is 0 Å². The van der Waals surface area contributed by atoms with Crippen molar-refractivity contribution in [2.24, 2.45) is 5.92 Å². The van der Waals surface area contributed by atoms with Gasteiger partial charge in [0, 0.05) is 38.3 Å². The molecule has 1 aliphatic heterocycles. The van der Waals surface area contributed by atoms with Crippen LogP contribution in [0.2, 0.25) is 0 Å². The predicted octanol–water partition coefficient (Wildman–Crippen LogP) is 2.02. The summed E-state index contributed by atoms with van der Waals surface area (Å²) >= 11 is 0. The van der Waals surface area contributed by atoms with Crippen molar-refractivity contribution < 1.29 is 14.3 Å². The summed E-state index contributed by atoms with van der Waals surface area (Å²) < 4.78 is 10.3. The van der Waals surface area contributed by atoms with Gasteiger partial charge in [0.1, 0.15) is 5.78 Å². The van der Waals surface area contributed by atoms with Crippen LogP contribution in [0.5, 0.6) is 5.88 Å². The Balaban J connectivity index is 1.82. The molecule has 1 saturated heterocycles. The van der Waals surface area contributed by atoms with Crippen molar-refractivity contribution in [3.63, 3.8) is 0 Å². The number of aromatic nitrogens is 1. The zero-order chi connectivity index (χ0) is 12.8. The summed E-state index contributed by atoms with van der Waals surface area (Å²) in [5, 5.41) is 0.